The molecule has 0 saturated carbocycles. The Morgan fingerprint density at radius 3 is 1.91 bits per heavy atom. The Bertz CT molecular complexity index is 170. The Morgan fingerprint density at radius 2 is 1.64 bits per heavy atom. The first-order chi connectivity index (χ1) is 5.23. The molecule has 0 aromatic carbocycles. The van der Waals surface area contributed by atoms with Crippen molar-refractivity contribution >= 4 is 6.03 Å². The molecule has 0 unspecified atom stereocenters. The van der Waals surface area contributed by atoms with Crippen LogP contribution < -0.4 is 5.73 Å². The quantitative estimate of drug-likeness (QED) is 0.467. The number of urea groups is 1. The zero-order valence-corrected chi connectivity index (χ0v) is 6.62. The van der Waals surface area contributed by atoms with E-state index in [9.17, 15) is 4.79 Å². The minimum atomic E-state index is -0.135. The van der Waals surface area contributed by atoms with E-state index in [1.54, 1.807) is 0 Å². The van der Waals surface area contributed by atoms with Crippen molar-refractivity contribution in [2.45, 2.75) is 0 Å². The third-order valence-electron chi connectivity index (χ3n) is 3.00. The van der Waals surface area contributed by atoms with Crippen LogP contribution in [-0.4, -0.2) is 54.7 Å². The molecule has 3 fully saturated rings. The van der Waals surface area contributed by atoms with Crippen LogP contribution in [-0.2, 0) is 0 Å². The molecule has 11 heavy (non-hydrogen) atoms. The molecule has 2 bridgehead atoms. The van der Waals surface area contributed by atoms with Gasteiger partial charge in [0.2, 0.25) is 0 Å². The SMILES string of the molecule is NC(=O)[N+]12CCN(CC1)CC2. The van der Waals surface area contributed by atoms with Crippen molar-refractivity contribution in [3.05, 3.63) is 0 Å². The molecule has 0 aromatic heterocycles. The fourth-order valence-electron chi connectivity index (χ4n) is 2.00. The molecule has 0 aliphatic carbocycles. The van der Waals surface area contributed by atoms with Gasteiger partial charge in [0.1, 0.15) is 19.6 Å². The first kappa shape index (κ1) is 7.06. The molecular weight excluding hydrogens is 142 g/mol. The van der Waals surface area contributed by atoms with E-state index in [1.807, 2.05) is 0 Å². The fraction of sp³-hybridized carbons (Fsp3) is 0.857. The van der Waals surface area contributed by atoms with Crippen LogP contribution >= 0.6 is 0 Å². The topological polar surface area (TPSA) is 46.3 Å². The molecule has 0 atom stereocenters. The van der Waals surface area contributed by atoms with Crippen LogP contribution in [0, 0.1) is 0 Å². The third kappa shape index (κ3) is 0.937. The van der Waals surface area contributed by atoms with Gasteiger partial charge >= 0.3 is 6.03 Å². The zero-order valence-electron chi connectivity index (χ0n) is 6.62. The number of carbonyl (C=O) groups is 1. The Morgan fingerprint density at radius 1 is 1.18 bits per heavy atom. The number of hydrogen-bond acceptors (Lipinski definition) is 2. The number of nitrogens with zero attached hydrogens (tertiary/aromatic N) is 2. The van der Waals surface area contributed by atoms with Gasteiger partial charge < -0.3 is 5.73 Å². The van der Waals surface area contributed by atoms with Gasteiger partial charge in [-0.3, -0.25) is 4.90 Å². The Hall–Kier alpha value is -0.610. The van der Waals surface area contributed by atoms with Gasteiger partial charge in [-0.1, -0.05) is 0 Å². The number of primary amides is 1. The number of rotatable bonds is 0. The van der Waals surface area contributed by atoms with Crippen molar-refractivity contribution in [3.8, 4) is 0 Å². The summed E-state index contributed by atoms with van der Waals surface area (Å²) in [6, 6.07) is -0.135. The monoisotopic (exact) mass is 156 g/mol. The van der Waals surface area contributed by atoms with Gasteiger partial charge in [-0.05, 0) is 0 Å². The summed E-state index contributed by atoms with van der Waals surface area (Å²) in [6.45, 7) is 5.91. The summed E-state index contributed by atoms with van der Waals surface area (Å²) in [7, 11) is 0. The summed E-state index contributed by atoms with van der Waals surface area (Å²) < 4.78 is 0.538. The highest BCUT2D eigenvalue weighted by Crippen LogP contribution is 2.18. The zero-order chi connectivity index (χ0) is 7.90. The van der Waals surface area contributed by atoms with E-state index in [0.29, 0.717) is 4.48 Å². The van der Waals surface area contributed by atoms with Crippen LogP contribution in [0.2, 0.25) is 0 Å². The van der Waals surface area contributed by atoms with E-state index in [4.69, 9.17) is 5.73 Å². The molecule has 0 spiro atoms. The first-order valence-electron chi connectivity index (χ1n) is 4.11. The van der Waals surface area contributed by atoms with Crippen molar-refractivity contribution in [1.82, 2.24) is 4.90 Å². The molecule has 3 aliphatic heterocycles. The second kappa shape index (κ2) is 2.19. The van der Waals surface area contributed by atoms with Crippen molar-refractivity contribution < 1.29 is 9.28 Å². The Balaban J connectivity index is 2.18. The van der Waals surface area contributed by atoms with Gasteiger partial charge in [-0.25, -0.2) is 9.28 Å². The standard InChI is InChI=1S/C7H13N3O/c8-7(11)10-4-1-9(2-5-10)3-6-10/h1-6H2,(H-,8,11)/p+1. The fourth-order valence-corrected chi connectivity index (χ4v) is 2.00. The van der Waals surface area contributed by atoms with E-state index in [-0.39, 0.29) is 6.03 Å². The minimum absolute atomic E-state index is 0.135. The first-order valence-corrected chi connectivity index (χ1v) is 4.11. The van der Waals surface area contributed by atoms with Crippen LogP contribution in [0.5, 0.6) is 0 Å². The lowest BCUT2D eigenvalue weighted by Gasteiger charge is -2.47. The van der Waals surface area contributed by atoms with Crippen molar-refractivity contribution in [1.29, 1.82) is 0 Å². The molecule has 2 amide bonds. The van der Waals surface area contributed by atoms with E-state index < -0.39 is 0 Å². The molecule has 4 heteroatoms. The van der Waals surface area contributed by atoms with Gasteiger partial charge in [0.05, 0.1) is 0 Å². The van der Waals surface area contributed by atoms with Crippen LogP contribution in [0.3, 0.4) is 0 Å². The summed E-state index contributed by atoms with van der Waals surface area (Å²) in [6.07, 6.45) is 0. The Labute approximate surface area is 66.1 Å². The maximum atomic E-state index is 11.1. The van der Waals surface area contributed by atoms with E-state index in [0.717, 1.165) is 39.3 Å². The number of fused-ring (bicyclic) bond motifs is 3. The lowest BCUT2D eigenvalue weighted by atomic mass is 10.2. The Kier molecular flexibility index (Phi) is 1.40. The summed E-state index contributed by atoms with van der Waals surface area (Å²) in [5.41, 5.74) is 5.35. The number of hydrogen-bond donors (Lipinski definition) is 1. The van der Waals surface area contributed by atoms with Crippen LogP contribution in [0.4, 0.5) is 4.79 Å². The average molecular weight is 156 g/mol. The smallest absolute Gasteiger partial charge is 0.319 e. The molecule has 2 N–H and O–H groups in total. The molecule has 0 radical (unpaired) electrons. The van der Waals surface area contributed by atoms with Gasteiger partial charge in [-0.2, -0.15) is 0 Å². The molecular formula is C7H14N3O+. The second-order valence-electron chi connectivity index (χ2n) is 3.50. The van der Waals surface area contributed by atoms with Gasteiger partial charge in [0.15, 0.2) is 0 Å². The average Bonchev–Trinajstić information content (AvgIpc) is 2.08. The largest absolute Gasteiger partial charge is 0.414 e. The number of piperazine rings is 3. The number of amides is 2. The highest BCUT2D eigenvalue weighted by atomic mass is 16.2. The van der Waals surface area contributed by atoms with Gasteiger partial charge in [0, 0.05) is 19.6 Å². The van der Waals surface area contributed by atoms with E-state index in [1.165, 1.54) is 0 Å². The highest BCUT2D eigenvalue weighted by molar-refractivity contribution is 5.64. The second-order valence-corrected chi connectivity index (χ2v) is 3.50. The highest BCUT2D eigenvalue weighted by Gasteiger charge is 2.43. The lowest BCUT2D eigenvalue weighted by molar-refractivity contribution is -0.864. The molecule has 3 aliphatic rings. The maximum Gasteiger partial charge on any atom is 0.414 e. The summed E-state index contributed by atoms with van der Waals surface area (Å²) in [4.78, 5) is 13.5. The predicted molar refractivity (Wildman–Crippen MR) is 40.9 cm³/mol. The summed E-state index contributed by atoms with van der Waals surface area (Å²) >= 11 is 0. The normalized spacial score (nSPS) is 42.4. The predicted octanol–water partition coefficient (Wildman–Crippen LogP) is -0.789. The number of carbonyl (C=O) groups excluding carboxylic acids is 1. The van der Waals surface area contributed by atoms with Crippen LogP contribution in [0.25, 0.3) is 0 Å². The molecule has 0 aromatic rings. The number of nitrogens with two attached hydrogens (primary N) is 1. The lowest BCUT2D eigenvalue weighted by Crippen LogP contribution is -2.70. The van der Waals surface area contributed by atoms with Gasteiger partial charge in [-0.15, -0.1) is 0 Å². The number of quaternary nitrogens is 1. The molecule has 62 valence electrons. The van der Waals surface area contributed by atoms with E-state index >= 15 is 0 Å². The maximum absolute atomic E-state index is 11.1. The van der Waals surface area contributed by atoms with Crippen LogP contribution in [0.1, 0.15) is 0 Å². The summed E-state index contributed by atoms with van der Waals surface area (Å²) in [5.74, 6) is 0. The van der Waals surface area contributed by atoms with E-state index in [2.05, 4.69) is 4.90 Å². The van der Waals surface area contributed by atoms with Crippen molar-refractivity contribution in [3.63, 3.8) is 0 Å². The molecule has 3 rings (SSSR count). The van der Waals surface area contributed by atoms with Crippen molar-refractivity contribution in [2.24, 2.45) is 5.73 Å². The van der Waals surface area contributed by atoms with Crippen molar-refractivity contribution in [2.75, 3.05) is 39.3 Å². The third-order valence-corrected chi connectivity index (χ3v) is 3.00. The summed E-state index contributed by atoms with van der Waals surface area (Å²) in [5, 5.41) is 0. The van der Waals surface area contributed by atoms with Gasteiger partial charge in [0.25, 0.3) is 0 Å². The molecule has 4 nitrogen and oxygen atoms in total. The minimum Gasteiger partial charge on any atom is -0.319 e. The molecule has 3 heterocycles. The van der Waals surface area contributed by atoms with Crippen LogP contribution in [0.15, 0.2) is 0 Å². The molecule has 3 saturated heterocycles.